The topological polar surface area (TPSA) is 59.1 Å². The molecule has 0 amide bonds. The minimum Gasteiger partial charge on any atom is -0.374 e. The van der Waals surface area contributed by atoms with Crippen molar-refractivity contribution in [3.8, 4) is 0 Å². The average molecular weight is 274 g/mol. The highest BCUT2D eigenvalue weighted by Gasteiger charge is 2.09. The second-order valence-electron chi connectivity index (χ2n) is 3.94. The van der Waals surface area contributed by atoms with Crippen LogP contribution in [0.1, 0.15) is 18.9 Å². The number of hydrogen-bond donors (Lipinski definition) is 2. The van der Waals surface area contributed by atoms with E-state index in [9.17, 15) is 8.78 Å². The number of aromatic nitrogens is 2. The maximum absolute atomic E-state index is 11.9. The molecule has 108 valence electrons. The molecule has 1 aromatic heterocycles. The number of alkyl halides is 2. The number of halogens is 2. The molecule has 19 heavy (non-hydrogen) atoms. The number of hydrogen-bond acceptors (Lipinski definition) is 5. The van der Waals surface area contributed by atoms with Gasteiger partial charge in [-0.25, -0.2) is 18.7 Å². The molecular weight excluding hydrogens is 254 g/mol. The van der Waals surface area contributed by atoms with E-state index < -0.39 is 13.0 Å². The number of nitrogens with one attached hydrogen (secondary N) is 2. The summed E-state index contributed by atoms with van der Waals surface area (Å²) in [5.74, 6) is 1.51. The molecule has 0 saturated heterocycles. The van der Waals surface area contributed by atoms with Gasteiger partial charge in [-0.05, 0) is 6.42 Å². The zero-order valence-electron chi connectivity index (χ0n) is 11.2. The molecule has 0 fully saturated rings. The predicted octanol–water partition coefficient (Wildman–Crippen LogP) is 2.16. The SMILES string of the molecule is CCCc1c(NC)ncnc1NCCOCC(F)F. The fourth-order valence-electron chi connectivity index (χ4n) is 1.68. The molecular formula is C12H20F2N4O. The van der Waals surface area contributed by atoms with Gasteiger partial charge >= 0.3 is 0 Å². The third-order valence-corrected chi connectivity index (χ3v) is 2.46. The Morgan fingerprint density at radius 3 is 2.68 bits per heavy atom. The van der Waals surface area contributed by atoms with Gasteiger partial charge in [0.25, 0.3) is 6.43 Å². The molecule has 1 rings (SSSR count). The highest BCUT2D eigenvalue weighted by Crippen LogP contribution is 2.20. The number of nitrogens with zero attached hydrogens (tertiary/aromatic N) is 2. The fraction of sp³-hybridized carbons (Fsp3) is 0.667. The summed E-state index contributed by atoms with van der Waals surface area (Å²) in [5.41, 5.74) is 1.00. The third-order valence-electron chi connectivity index (χ3n) is 2.46. The van der Waals surface area contributed by atoms with Crippen molar-refractivity contribution >= 4 is 11.6 Å². The molecule has 5 nitrogen and oxygen atoms in total. The van der Waals surface area contributed by atoms with Gasteiger partial charge in [0.05, 0.1) is 6.61 Å². The van der Waals surface area contributed by atoms with E-state index >= 15 is 0 Å². The summed E-state index contributed by atoms with van der Waals surface area (Å²) in [6.07, 6.45) is 0.856. The standard InChI is InChI=1S/C12H20F2N4O/c1-3-4-9-11(15-2)17-8-18-12(9)16-5-6-19-7-10(13)14/h8,10H,3-7H2,1-2H3,(H2,15,16,17,18). The molecule has 0 aliphatic carbocycles. The van der Waals surface area contributed by atoms with Gasteiger partial charge < -0.3 is 15.4 Å². The van der Waals surface area contributed by atoms with Gasteiger partial charge in [-0.1, -0.05) is 13.3 Å². The molecule has 0 bridgehead atoms. The van der Waals surface area contributed by atoms with Crippen LogP contribution in [0.5, 0.6) is 0 Å². The van der Waals surface area contributed by atoms with E-state index in [-0.39, 0.29) is 6.61 Å². The highest BCUT2D eigenvalue weighted by atomic mass is 19.3. The van der Waals surface area contributed by atoms with Gasteiger partial charge in [0.1, 0.15) is 24.6 Å². The van der Waals surface area contributed by atoms with Crippen molar-refractivity contribution in [2.75, 3.05) is 37.4 Å². The third kappa shape index (κ3) is 5.34. The lowest BCUT2D eigenvalue weighted by Gasteiger charge is -2.13. The minimum absolute atomic E-state index is 0.217. The van der Waals surface area contributed by atoms with E-state index in [0.717, 1.165) is 30.0 Å². The van der Waals surface area contributed by atoms with Gasteiger partial charge in [0, 0.05) is 19.2 Å². The van der Waals surface area contributed by atoms with Crippen molar-refractivity contribution in [3.63, 3.8) is 0 Å². The summed E-state index contributed by atoms with van der Waals surface area (Å²) < 4.78 is 28.5. The lowest BCUT2D eigenvalue weighted by atomic mass is 10.1. The van der Waals surface area contributed by atoms with Crippen LogP contribution in [0, 0.1) is 0 Å². The highest BCUT2D eigenvalue weighted by molar-refractivity contribution is 5.57. The largest absolute Gasteiger partial charge is 0.374 e. The summed E-state index contributed by atoms with van der Waals surface area (Å²) >= 11 is 0. The van der Waals surface area contributed by atoms with Gasteiger partial charge in [-0.15, -0.1) is 0 Å². The quantitative estimate of drug-likeness (QED) is 0.676. The van der Waals surface area contributed by atoms with E-state index in [1.807, 2.05) is 0 Å². The van der Waals surface area contributed by atoms with Crippen LogP contribution in [0.4, 0.5) is 20.4 Å². The van der Waals surface area contributed by atoms with E-state index in [1.54, 1.807) is 7.05 Å². The molecule has 2 N–H and O–H groups in total. The normalized spacial score (nSPS) is 10.8. The van der Waals surface area contributed by atoms with Crippen molar-refractivity contribution in [1.82, 2.24) is 9.97 Å². The lowest BCUT2D eigenvalue weighted by molar-refractivity contribution is 0.0214. The summed E-state index contributed by atoms with van der Waals surface area (Å²) in [6.45, 7) is 2.19. The zero-order chi connectivity index (χ0) is 14.1. The Hall–Kier alpha value is -1.50. The summed E-state index contributed by atoms with van der Waals surface area (Å²) in [4.78, 5) is 8.32. The molecule has 0 aliphatic rings. The first-order valence-corrected chi connectivity index (χ1v) is 6.30. The lowest BCUT2D eigenvalue weighted by Crippen LogP contribution is -2.15. The van der Waals surface area contributed by atoms with Gasteiger partial charge in [0.2, 0.25) is 0 Å². The Morgan fingerprint density at radius 1 is 1.32 bits per heavy atom. The minimum atomic E-state index is -2.43. The van der Waals surface area contributed by atoms with E-state index in [4.69, 9.17) is 4.74 Å². The molecule has 0 aromatic carbocycles. The van der Waals surface area contributed by atoms with Gasteiger partial charge in [0.15, 0.2) is 0 Å². The Morgan fingerprint density at radius 2 is 2.05 bits per heavy atom. The van der Waals surface area contributed by atoms with E-state index in [0.29, 0.717) is 6.54 Å². The maximum atomic E-state index is 11.9. The number of ether oxygens (including phenoxy) is 1. The van der Waals surface area contributed by atoms with Crippen molar-refractivity contribution in [2.45, 2.75) is 26.2 Å². The fourth-order valence-corrected chi connectivity index (χ4v) is 1.68. The number of rotatable bonds is 9. The molecule has 7 heteroatoms. The Kier molecular flexibility index (Phi) is 7.02. The first-order valence-electron chi connectivity index (χ1n) is 6.30. The van der Waals surface area contributed by atoms with Crippen LogP contribution < -0.4 is 10.6 Å². The molecule has 1 heterocycles. The Labute approximate surface area is 111 Å². The van der Waals surface area contributed by atoms with Crippen LogP contribution >= 0.6 is 0 Å². The van der Waals surface area contributed by atoms with E-state index in [1.165, 1.54) is 6.33 Å². The van der Waals surface area contributed by atoms with Crippen molar-refractivity contribution in [1.29, 1.82) is 0 Å². The first-order chi connectivity index (χ1) is 9.19. The van der Waals surface area contributed by atoms with Crippen molar-refractivity contribution in [3.05, 3.63) is 11.9 Å². The van der Waals surface area contributed by atoms with Crippen LogP contribution in [0.25, 0.3) is 0 Å². The van der Waals surface area contributed by atoms with Gasteiger partial charge in [-0.2, -0.15) is 0 Å². The monoisotopic (exact) mass is 274 g/mol. The van der Waals surface area contributed by atoms with Gasteiger partial charge in [-0.3, -0.25) is 0 Å². The molecule has 0 atom stereocenters. The maximum Gasteiger partial charge on any atom is 0.261 e. The smallest absolute Gasteiger partial charge is 0.261 e. The summed E-state index contributed by atoms with van der Waals surface area (Å²) in [6, 6.07) is 0. The molecule has 0 spiro atoms. The molecule has 0 aliphatic heterocycles. The first kappa shape index (κ1) is 15.6. The second-order valence-corrected chi connectivity index (χ2v) is 3.94. The molecule has 0 unspecified atom stereocenters. The van der Waals surface area contributed by atoms with Crippen LogP contribution in [0.3, 0.4) is 0 Å². The Balaban J connectivity index is 2.52. The Bertz CT molecular complexity index is 377. The van der Waals surface area contributed by atoms with Crippen LogP contribution in [-0.4, -0.2) is 43.2 Å². The van der Waals surface area contributed by atoms with Crippen LogP contribution in [-0.2, 0) is 11.2 Å². The van der Waals surface area contributed by atoms with Crippen molar-refractivity contribution in [2.24, 2.45) is 0 Å². The molecule has 0 saturated carbocycles. The average Bonchev–Trinajstić information content (AvgIpc) is 2.39. The summed E-state index contributed by atoms with van der Waals surface area (Å²) in [5, 5.41) is 6.10. The number of anilines is 2. The van der Waals surface area contributed by atoms with Crippen molar-refractivity contribution < 1.29 is 13.5 Å². The zero-order valence-corrected chi connectivity index (χ0v) is 11.2. The molecule has 1 aromatic rings. The van der Waals surface area contributed by atoms with Crippen LogP contribution in [0.2, 0.25) is 0 Å². The predicted molar refractivity (Wildman–Crippen MR) is 70.9 cm³/mol. The van der Waals surface area contributed by atoms with E-state index in [2.05, 4.69) is 27.5 Å². The molecule has 0 radical (unpaired) electrons. The van der Waals surface area contributed by atoms with Crippen LogP contribution in [0.15, 0.2) is 6.33 Å². The second kappa shape index (κ2) is 8.58. The summed E-state index contributed by atoms with van der Waals surface area (Å²) in [7, 11) is 1.80.